The van der Waals surface area contributed by atoms with Crippen molar-refractivity contribution in [1.29, 1.82) is 0 Å². The van der Waals surface area contributed by atoms with Crippen molar-refractivity contribution >= 4 is 17.3 Å². The molecule has 3 heteroatoms. The standard InChI is InChI=1S/C18H22ClNO/c1-4-18(2,3)14-6-8-15(9-7-14)21-12-13-5-10-16(19)17(20)11-13/h5-11H,4,12,20H2,1-3H3. The van der Waals surface area contributed by atoms with E-state index in [2.05, 4.69) is 32.9 Å². The van der Waals surface area contributed by atoms with Crippen molar-refractivity contribution < 1.29 is 4.74 Å². The van der Waals surface area contributed by atoms with Crippen LogP contribution in [0, 0.1) is 0 Å². The highest BCUT2D eigenvalue weighted by atomic mass is 35.5. The van der Waals surface area contributed by atoms with Crippen LogP contribution in [0.5, 0.6) is 5.75 Å². The lowest BCUT2D eigenvalue weighted by Gasteiger charge is -2.23. The van der Waals surface area contributed by atoms with Crippen LogP contribution in [-0.4, -0.2) is 0 Å². The highest BCUT2D eigenvalue weighted by molar-refractivity contribution is 6.33. The Hall–Kier alpha value is -1.67. The van der Waals surface area contributed by atoms with E-state index in [4.69, 9.17) is 22.1 Å². The van der Waals surface area contributed by atoms with Gasteiger partial charge in [-0.15, -0.1) is 0 Å². The Kier molecular flexibility index (Phi) is 4.79. The first kappa shape index (κ1) is 15.7. The summed E-state index contributed by atoms with van der Waals surface area (Å²) in [5, 5.41) is 0.574. The van der Waals surface area contributed by atoms with Crippen molar-refractivity contribution in [1.82, 2.24) is 0 Å². The molecule has 2 aromatic carbocycles. The molecule has 0 radical (unpaired) electrons. The zero-order valence-electron chi connectivity index (χ0n) is 12.8. The summed E-state index contributed by atoms with van der Waals surface area (Å²) < 4.78 is 5.79. The second-order valence-electron chi connectivity index (χ2n) is 5.91. The molecule has 0 amide bonds. The van der Waals surface area contributed by atoms with E-state index in [0.717, 1.165) is 17.7 Å². The van der Waals surface area contributed by atoms with Gasteiger partial charge in [0.2, 0.25) is 0 Å². The third kappa shape index (κ3) is 3.92. The van der Waals surface area contributed by atoms with E-state index in [1.807, 2.05) is 24.3 Å². The quantitative estimate of drug-likeness (QED) is 0.772. The second kappa shape index (κ2) is 6.40. The van der Waals surface area contributed by atoms with Crippen LogP contribution in [0.3, 0.4) is 0 Å². The summed E-state index contributed by atoms with van der Waals surface area (Å²) in [6.07, 6.45) is 1.11. The largest absolute Gasteiger partial charge is 0.489 e. The summed E-state index contributed by atoms with van der Waals surface area (Å²) in [6, 6.07) is 13.9. The molecule has 0 heterocycles. The third-order valence-corrected chi connectivity index (χ3v) is 4.33. The molecule has 112 valence electrons. The fourth-order valence-electron chi connectivity index (χ4n) is 2.06. The second-order valence-corrected chi connectivity index (χ2v) is 6.31. The van der Waals surface area contributed by atoms with Crippen molar-refractivity contribution in [2.24, 2.45) is 0 Å². The molecule has 2 rings (SSSR count). The first-order valence-corrected chi connectivity index (χ1v) is 7.57. The van der Waals surface area contributed by atoms with E-state index >= 15 is 0 Å². The van der Waals surface area contributed by atoms with Crippen LogP contribution in [0.4, 0.5) is 5.69 Å². The molecule has 0 unspecified atom stereocenters. The zero-order valence-corrected chi connectivity index (χ0v) is 13.6. The average molecular weight is 304 g/mol. The normalized spacial score (nSPS) is 11.4. The fraction of sp³-hybridized carbons (Fsp3) is 0.333. The maximum atomic E-state index is 5.91. The van der Waals surface area contributed by atoms with Gasteiger partial charge in [-0.2, -0.15) is 0 Å². The van der Waals surface area contributed by atoms with Crippen LogP contribution < -0.4 is 10.5 Å². The Morgan fingerprint density at radius 1 is 1.10 bits per heavy atom. The molecule has 2 aromatic rings. The smallest absolute Gasteiger partial charge is 0.119 e. The highest BCUT2D eigenvalue weighted by Gasteiger charge is 2.17. The molecule has 0 aliphatic heterocycles. The van der Waals surface area contributed by atoms with E-state index in [9.17, 15) is 0 Å². The molecule has 0 saturated carbocycles. The van der Waals surface area contributed by atoms with E-state index in [0.29, 0.717) is 17.3 Å². The van der Waals surface area contributed by atoms with Gasteiger partial charge >= 0.3 is 0 Å². The Balaban J connectivity index is 2.02. The number of rotatable bonds is 5. The molecule has 0 spiro atoms. The highest BCUT2D eigenvalue weighted by Crippen LogP contribution is 2.28. The number of anilines is 1. The van der Waals surface area contributed by atoms with Crippen molar-refractivity contribution in [2.75, 3.05) is 5.73 Å². The minimum atomic E-state index is 0.198. The van der Waals surface area contributed by atoms with Gasteiger partial charge in [-0.05, 0) is 47.2 Å². The van der Waals surface area contributed by atoms with Crippen LogP contribution in [0.15, 0.2) is 42.5 Å². The van der Waals surface area contributed by atoms with Crippen LogP contribution >= 0.6 is 11.6 Å². The van der Waals surface area contributed by atoms with Crippen LogP contribution in [0.25, 0.3) is 0 Å². The molecular weight excluding hydrogens is 282 g/mol. The topological polar surface area (TPSA) is 35.2 Å². The molecule has 0 atom stereocenters. The minimum absolute atomic E-state index is 0.198. The van der Waals surface area contributed by atoms with Gasteiger partial charge < -0.3 is 10.5 Å². The number of benzene rings is 2. The number of nitrogen functional groups attached to an aromatic ring is 1. The van der Waals surface area contributed by atoms with Gasteiger partial charge in [-0.3, -0.25) is 0 Å². The first-order chi connectivity index (χ1) is 9.92. The monoisotopic (exact) mass is 303 g/mol. The number of ether oxygens (including phenoxy) is 1. The fourth-order valence-corrected chi connectivity index (χ4v) is 2.17. The van der Waals surface area contributed by atoms with Gasteiger partial charge in [-0.1, -0.05) is 50.6 Å². The number of nitrogens with two attached hydrogens (primary N) is 1. The summed E-state index contributed by atoms with van der Waals surface area (Å²) in [5.41, 5.74) is 8.90. The van der Waals surface area contributed by atoms with Crippen molar-refractivity contribution in [3.05, 3.63) is 58.6 Å². The van der Waals surface area contributed by atoms with Gasteiger partial charge in [0.15, 0.2) is 0 Å². The van der Waals surface area contributed by atoms with Gasteiger partial charge in [0, 0.05) is 0 Å². The molecule has 0 aliphatic rings. The van der Waals surface area contributed by atoms with Crippen LogP contribution in [0.2, 0.25) is 5.02 Å². The number of halogens is 1. The molecule has 0 aromatic heterocycles. The van der Waals surface area contributed by atoms with E-state index in [-0.39, 0.29) is 5.41 Å². The Morgan fingerprint density at radius 3 is 2.33 bits per heavy atom. The summed E-state index contributed by atoms with van der Waals surface area (Å²) >= 11 is 5.91. The first-order valence-electron chi connectivity index (χ1n) is 7.19. The van der Waals surface area contributed by atoms with Crippen molar-refractivity contribution in [3.63, 3.8) is 0 Å². The van der Waals surface area contributed by atoms with Crippen molar-refractivity contribution in [2.45, 2.75) is 39.2 Å². The predicted molar refractivity (Wildman–Crippen MR) is 90.0 cm³/mol. The molecular formula is C18H22ClNO. The maximum absolute atomic E-state index is 5.91. The molecule has 0 fully saturated rings. The molecule has 0 aliphatic carbocycles. The Bertz CT molecular complexity index is 605. The lowest BCUT2D eigenvalue weighted by molar-refractivity contribution is 0.306. The number of hydrogen-bond donors (Lipinski definition) is 1. The molecule has 0 saturated heterocycles. The average Bonchev–Trinajstić information content (AvgIpc) is 2.49. The van der Waals surface area contributed by atoms with E-state index < -0.39 is 0 Å². The Morgan fingerprint density at radius 2 is 1.76 bits per heavy atom. The summed E-state index contributed by atoms with van der Waals surface area (Å²) in [5.74, 6) is 0.860. The minimum Gasteiger partial charge on any atom is -0.489 e. The van der Waals surface area contributed by atoms with Crippen LogP contribution in [-0.2, 0) is 12.0 Å². The van der Waals surface area contributed by atoms with Gasteiger partial charge in [0.1, 0.15) is 12.4 Å². The molecule has 2 nitrogen and oxygen atoms in total. The molecule has 0 bridgehead atoms. The maximum Gasteiger partial charge on any atom is 0.119 e. The SMILES string of the molecule is CCC(C)(C)c1ccc(OCc2ccc(Cl)c(N)c2)cc1. The predicted octanol–water partition coefficient (Wildman–Crippen LogP) is 5.19. The van der Waals surface area contributed by atoms with Gasteiger partial charge in [0.25, 0.3) is 0 Å². The van der Waals surface area contributed by atoms with Gasteiger partial charge in [-0.25, -0.2) is 0 Å². The van der Waals surface area contributed by atoms with Crippen LogP contribution in [0.1, 0.15) is 38.3 Å². The Labute approximate surface area is 131 Å². The van der Waals surface area contributed by atoms with E-state index in [1.165, 1.54) is 5.56 Å². The third-order valence-electron chi connectivity index (χ3n) is 3.99. The summed E-state index contributed by atoms with van der Waals surface area (Å²) in [7, 11) is 0. The summed E-state index contributed by atoms with van der Waals surface area (Å²) in [6.45, 7) is 7.19. The lowest BCUT2D eigenvalue weighted by atomic mass is 9.82. The summed E-state index contributed by atoms with van der Waals surface area (Å²) in [4.78, 5) is 0. The van der Waals surface area contributed by atoms with Crippen molar-refractivity contribution in [3.8, 4) is 5.75 Å². The lowest BCUT2D eigenvalue weighted by Crippen LogP contribution is -2.15. The van der Waals surface area contributed by atoms with E-state index in [1.54, 1.807) is 6.07 Å². The molecule has 2 N–H and O–H groups in total. The molecule has 21 heavy (non-hydrogen) atoms. The number of hydrogen-bond acceptors (Lipinski definition) is 2. The van der Waals surface area contributed by atoms with Gasteiger partial charge in [0.05, 0.1) is 10.7 Å². The zero-order chi connectivity index (χ0) is 15.5.